The fourth-order valence-corrected chi connectivity index (χ4v) is 0.969. The van der Waals surface area contributed by atoms with Crippen LogP contribution in [0.5, 0.6) is 0 Å². The number of rotatable bonds is 6. The van der Waals surface area contributed by atoms with Crippen LogP contribution in [0.2, 0.25) is 0 Å². The van der Waals surface area contributed by atoms with Gasteiger partial charge >= 0.3 is 6.18 Å². The van der Waals surface area contributed by atoms with Crippen LogP contribution >= 0.6 is 0 Å². The molecule has 0 aliphatic carbocycles. The first-order chi connectivity index (χ1) is 6.31. The maximum absolute atomic E-state index is 11.8. The Bertz CT molecular complexity index is 179. The average molecular weight is 211 g/mol. The maximum Gasteiger partial charge on any atom is 0.390 e. The molecular weight excluding hydrogens is 195 g/mol. The molecule has 0 saturated heterocycles. The fraction of sp³-hybridized carbons (Fsp3) is 0.875. The van der Waals surface area contributed by atoms with Gasteiger partial charge in [0.25, 0.3) is 0 Å². The molecule has 0 unspecified atom stereocenters. The van der Waals surface area contributed by atoms with Crippen LogP contribution in [0.4, 0.5) is 13.2 Å². The van der Waals surface area contributed by atoms with E-state index >= 15 is 0 Å². The van der Waals surface area contributed by atoms with E-state index in [0.29, 0.717) is 19.4 Å². The van der Waals surface area contributed by atoms with Gasteiger partial charge in [-0.2, -0.15) is 13.2 Å². The van der Waals surface area contributed by atoms with Crippen molar-refractivity contribution in [2.45, 2.75) is 25.4 Å². The molecule has 0 aliphatic heterocycles. The van der Waals surface area contributed by atoms with Crippen LogP contribution in [-0.2, 0) is 0 Å². The number of nitrogens with two attached hydrogens (primary N) is 1. The lowest BCUT2D eigenvalue weighted by atomic mass is 10.2. The van der Waals surface area contributed by atoms with Crippen LogP contribution in [0.1, 0.15) is 19.3 Å². The van der Waals surface area contributed by atoms with Crippen molar-refractivity contribution in [1.29, 1.82) is 5.41 Å². The van der Waals surface area contributed by atoms with Crippen molar-refractivity contribution >= 4 is 5.84 Å². The minimum Gasteiger partial charge on any atom is -0.388 e. The summed E-state index contributed by atoms with van der Waals surface area (Å²) >= 11 is 0. The van der Waals surface area contributed by atoms with E-state index in [1.165, 1.54) is 0 Å². The Hall–Kier alpha value is -0.780. The molecule has 0 fully saturated rings. The Kier molecular flexibility index (Phi) is 5.52. The molecule has 0 aromatic rings. The molecule has 0 aromatic carbocycles. The van der Waals surface area contributed by atoms with Gasteiger partial charge in [-0.3, -0.25) is 5.41 Å². The monoisotopic (exact) mass is 211 g/mol. The summed E-state index contributed by atoms with van der Waals surface area (Å²) in [7, 11) is 1.63. The first-order valence-corrected chi connectivity index (χ1v) is 4.39. The van der Waals surface area contributed by atoms with Gasteiger partial charge in [0.2, 0.25) is 0 Å². The molecule has 0 radical (unpaired) electrons. The Morgan fingerprint density at radius 3 is 2.36 bits per heavy atom. The molecule has 0 bridgehead atoms. The normalized spacial score (nSPS) is 12.1. The van der Waals surface area contributed by atoms with Crippen molar-refractivity contribution in [3.8, 4) is 0 Å². The van der Waals surface area contributed by atoms with Gasteiger partial charge in [-0.25, -0.2) is 0 Å². The van der Waals surface area contributed by atoms with Gasteiger partial charge in [0.1, 0.15) is 0 Å². The van der Waals surface area contributed by atoms with Gasteiger partial charge in [0.05, 0.1) is 12.3 Å². The number of nitrogens with one attached hydrogen (secondary N) is 1. The summed E-state index contributed by atoms with van der Waals surface area (Å²) in [6, 6.07) is 0. The van der Waals surface area contributed by atoms with Crippen molar-refractivity contribution in [2.24, 2.45) is 5.73 Å². The molecule has 3 nitrogen and oxygen atoms in total. The SMILES string of the molecule is CN(CCCC(=N)N)CCC(F)(F)F. The molecule has 0 heterocycles. The number of hydrogen-bond donors (Lipinski definition) is 2. The van der Waals surface area contributed by atoms with Crippen LogP contribution in [0.3, 0.4) is 0 Å². The van der Waals surface area contributed by atoms with Crippen LogP contribution in [0.25, 0.3) is 0 Å². The number of alkyl halides is 3. The predicted octanol–water partition coefficient (Wildman–Crippen LogP) is 1.59. The van der Waals surface area contributed by atoms with Gasteiger partial charge in [0.15, 0.2) is 0 Å². The first-order valence-electron chi connectivity index (χ1n) is 4.39. The van der Waals surface area contributed by atoms with E-state index in [-0.39, 0.29) is 12.4 Å². The van der Waals surface area contributed by atoms with Gasteiger partial charge in [0, 0.05) is 13.0 Å². The van der Waals surface area contributed by atoms with E-state index in [1.54, 1.807) is 11.9 Å². The zero-order valence-electron chi connectivity index (χ0n) is 8.19. The Morgan fingerprint density at radius 1 is 1.36 bits per heavy atom. The largest absolute Gasteiger partial charge is 0.390 e. The first kappa shape index (κ1) is 13.2. The average Bonchev–Trinajstić information content (AvgIpc) is 1.99. The summed E-state index contributed by atoms with van der Waals surface area (Å²) in [5, 5.41) is 6.92. The molecule has 0 rings (SSSR count). The molecule has 0 amide bonds. The van der Waals surface area contributed by atoms with E-state index in [4.69, 9.17) is 11.1 Å². The summed E-state index contributed by atoms with van der Waals surface area (Å²) in [5.74, 6) is 0.0780. The highest BCUT2D eigenvalue weighted by atomic mass is 19.4. The third kappa shape index (κ3) is 9.31. The number of hydrogen-bond acceptors (Lipinski definition) is 2. The molecule has 6 heteroatoms. The summed E-state index contributed by atoms with van der Waals surface area (Å²) in [4.78, 5) is 1.59. The Balaban J connectivity index is 3.46. The lowest BCUT2D eigenvalue weighted by molar-refractivity contribution is -0.137. The molecule has 0 aliphatic rings. The van der Waals surface area contributed by atoms with E-state index in [1.807, 2.05) is 0 Å². The van der Waals surface area contributed by atoms with Gasteiger partial charge < -0.3 is 10.6 Å². The van der Waals surface area contributed by atoms with Gasteiger partial charge in [-0.1, -0.05) is 0 Å². The third-order valence-corrected chi connectivity index (χ3v) is 1.76. The zero-order chi connectivity index (χ0) is 11.2. The van der Waals surface area contributed by atoms with Crippen LogP contribution < -0.4 is 5.73 Å². The maximum atomic E-state index is 11.8. The second kappa shape index (κ2) is 5.85. The lowest BCUT2D eigenvalue weighted by Crippen LogP contribution is -2.26. The quantitative estimate of drug-likeness (QED) is 0.517. The minimum atomic E-state index is -4.09. The molecule has 14 heavy (non-hydrogen) atoms. The zero-order valence-corrected chi connectivity index (χ0v) is 8.19. The topological polar surface area (TPSA) is 53.1 Å². The molecule has 0 spiro atoms. The van der Waals surface area contributed by atoms with Crippen LogP contribution in [0.15, 0.2) is 0 Å². The van der Waals surface area contributed by atoms with E-state index in [2.05, 4.69) is 0 Å². The molecule has 84 valence electrons. The van der Waals surface area contributed by atoms with Crippen molar-refractivity contribution in [1.82, 2.24) is 4.90 Å². The fourth-order valence-electron chi connectivity index (χ4n) is 0.969. The Labute approximate surface area is 81.6 Å². The van der Waals surface area contributed by atoms with Crippen molar-refractivity contribution in [3.63, 3.8) is 0 Å². The third-order valence-electron chi connectivity index (χ3n) is 1.76. The smallest absolute Gasteiger partial charge is 0.388 e. The number of nitrogens with zero attached hydrogens (tertiary/aromatic N) is 1. The number of halogens is 3. The predicted molar refractivity (Wildman–Crippen MR) is 49.3 cm³/mol. The number of amidine groups is 1. The Morgan fingerprint density at radius 2 is 1.93 bits per heavy atom. The molecule has 3 N–H and O–H groups in total. The van der Waals surface area contributed by atoms with E-state index < -0.39 is 12.6 Å². The molecule has 0 atom stereocenters. The van der Waals surface area contributed by atoms with Crippen molar-refractivity contribution < 1.29 is 13.2 Å². The van der Waals surface area contributed by atoms with Crippen molar-refractivity contribution in [2.75, 3.05) is 20.1 Å². The van der Waals surface area contributed by atoms with Crippen molar-refractivity contribution in [3.05, 3.63) is 0 Å². The van der Waals surface area contributed by atoms with E-state index in [0.717, 1.165) is 0 Å². The molecule has 0 aromatic heterocycles. The lowest BCUT2D eigenvalue weighted by Gasteiger charge is -2.17. The van der Waals surface area contributed by atoms with Crippen LogP contribution in [0, 0.1) is 5.41 Å². The minimum absolute atomic E-state index is 0.00139. The van der Waals surface area contributed by atoms with Crippen LogP contribution in [-0.4, -0.2) is 37.0 Å². The summed E-state index contributed by atoms with van der Waals surface area (Å²) in [5.41, 5.74) is 5.11. The van der Waals surface area contributed by atoms with E-state index in [9.17, 15) is 13.2 Å². The second-order valence-electron chi connectivity index (χ2n) is 3.30. The highest BCUT2D eigenvalue weighted by Gasteiger charge is 2.26. The molecule has 0 saturated carbocycles. The summed E-state index contributed by atoms with van der Waals surface area (Å²) in [6.07, 6.45) is -3.81. The summed E-state index contributed by atoms with van der Waals surface area (Å²) in [6.45, 7) is 0.539. The van der Waals surface area contributed by atoms with Gasteiger partial charge in [-0.05, 0) is 20.0 Å². The highest BCUT2D eigenvalue weighted by Crippen LogP contribution is 2.19. The van der Waals surface area contributed by atoms with Gasteiger partial charge in [-0.15, -0.1) is 0 Å². The molecular formula is C8H16F3N3. The second-order valence-corrected chi connectivity index (χ2v) is 3.30. The highest BCUT2D eigenvalue weighted by molar-refractivity contribution is 5.76. The summed E-state index contributed by atoms with van der Waals surface area (Å²) < 4.78 is 35.4. The standard InChI is InChI=1S/C8H16F3N3/c1-14(5-2-3-7(12)13)6-4-8(9,10)11/h2-6H2,1H3,(H3,12,13).